The van der Waals surface area contributed by atoms with Crippen LogP contribution in [0.3, 0.4) is 0 Å². The number of aromatic nitrogens is 2. The number of carboxylic acids is 1. The molecule has 1 aliphatic rings. The van der Waals surface area contributed by atoms with Gasteiger partial charge in [-0.25, -0.2) is 9.78 Å². The second-order valence-electron chi connectivity index (χ2n) is 12.5. The molecule has 4 amide bonds. The first-order valence-electron chi connectivity index (χ1n) is 16.8. The molecule has 1 aromatic heterocycles. The van der Waals surface area contributed by atoms with Crippen LogP contribution >= 0.6 is 12.6 Å². The number of thiol groups is 1. The van der Waals surface area contributed by atoms with E-state index >= 15 is 0 Å². The molecule has 0 spiro atoms. The molecule has 0 bridgehead atoms. The zero-order valence-corrected chi connectivity index (χ0v) is 28.9. The van der Waals surface area contributed by atoms with E-state index in [4.69, 9.17) is 17.2 Å². The Morgan fingerprint density at radius 2 is 1.48 bits per heavy atom. The molecule has 17 heteroatoms. The molecule has 0 radical (unpaired) electrons. The van der Waals surface area contributed by atoms with Gasteiger partial charge in [0.1, 0.15) is 24.2 Å². The summed E-state index contributed by atoms with van der Waals surface area (Å²) in [7, 11) is 0. The third kappa shape index (κ3) is 13.7. The van der Waals surface area contributed by atoms with Gasteiger partial charge in [-0.15, -0.1) is 0 Å². The number of hydrogen-bond donors (Lipinski definition) is 10. The molecule has 1 saturated carbocycles. The Balaban J connectivity index is 1.84. The minimum absolute atomic E-state index is 0.0138. The number of hydrogen-bond acceptors (Lipinski definition) is 9. The number of carboxylic acid groups (broad SMARTS) is 1. The van der Waals surface area contributed by atoms with Crippen molar-refractivity contribution in [3.63, 3.8) is 0 Å². The van der Waals surface area contributed by atoms with E-state index in [9.17, 15) is 29.1 Å². The van der Waals surface area contributed by atoms with Crippen LogP contribution in [0.5, 0.6) is 0 Å². The van der Waals surface area contributed by atoms with Crippen molar-refractivity contribution in [3.8, 4) is 0 Å². The van der Waals surface area contributed by atoms with Crippen molar-refractivity contribution in [2.24, 2.45) is 28.1 Å². The van der Waals surface area contributed by atoms with Gasteiger partial charge in [-0.3, -0.25) is 24.2 Å². The number of nitrogens with one attached hydrogen (secondary N) is 5. The Kier molecular flexibility index (Phi) is 16.5. The second-order valence-corrected chi connectivity index (χ2v) is 12.9. The average molecular weight is 715 g/mol. The van der Waals surface area contributed by atoms with Crippen LogP contribution in [0.1, 0.15) is 62.6 Å². The van der Waals surface area contributed by atoms with Gasteiger partial charge in [-0.1, -0.05) is 62.4 Å². The number of aliphatic carboxylic acids is 1. The number of aromatic amines is 1. The summed E-state index contributed by atoms with van der Waals surface area (Å²) in [6.45, 7) is 0.171. The smallest absolute Gasteiger partial charge is 0.326 e. The summed E-state index contributed by atoms with van der Waals surface area (Å²) in [6, 6.07) is 3.31. The fraction of sp³-hybridized carbons (Fsp3) is 0.545. The van der Waals surface area contributed by atoms with Crippen molar-refractivity contribution >= 4 is 48.2 Å². The minimum Gasteiger partial charge on any atom is -0.480 e. The van der Waals surface area contributed by atoms with E-state index in [2.05, 4.69) is 48.9 Å². The molecular formula is C33H50N10O6S. The maximum atomic E-state index is 14.0. The van der Waals surface area contributed by atoms with Crippen LogP contribution < -0.4 is 38.5 Å². The zero-order chi connectivity index (χ0) is 36.5. The van der Waals surface area contributed by atoms with Crippen LogP contribution in [0.25, 0.3) is 0 Å². The summed E-state index contributed by atoms with van der Waals surface area (Å²) >= 11 is 4.11. The zero-order valence-electron chi connectivity index (χ0n) is 28.1. The number of carbonyl (C=O) groups excluding carboxylic acids is 4. The number of rotatable bonds is 20. The maximum absolute atomic E-state index is 14.0. The monoisotopic (exact) mass is 714 g/mol. The van der Waals surface area contributed by atoms with Gasteiger partial charge in [-0.05, 0) is 30.7 Å². The van der Waals surface area contributed by atoms with Crippen LogP contribution in [-0.2, 0) is 36.8 Å². The largest absolute Gasteiger partial charge is 0.480 e. The molecule has 1 aromatic carbocycles. The first-order valence-corrected chi connectivity index (χ1v) is 17.5. The van der Waals surface area contributed by atoms with Crippen molar-refractivity contribution in [3.05, 3.63) is 54.1 Å². The lowest BCUT2D eigenvalue weighted by Gasteiger charge is -2.29. The molecule has 2 aromatic rings. The van der Waals surface area contributed by atoms with Crippen LogP contribution in [-0.4, -0.2) is 93.1 Å². The van der Waals surface area contributed by atoms with E-state index in [1.165, 1.54) is 12.5 Å². The Bertz CT molecular complexity index is 1420. The van der Waals surface area contributed by atoms with Gasteiger partial charge < -0.3 is 48.6 Å². The maximum Gasteiger partial charge on any atom is 0.326 e. The molecule has 12 N–H and O–H groups in total. The topological polar surface area (TPSA) is 273 Å². The predicted octanol–water partition coefficient (Wildman–Crippen LogP) is -0.500. The summed E-state index contributed by atoms with van der Waals surface area (Å²) < 4.78 is 0. The fourth-order valence-electron chi connectivity index (χ4n) is 5.81. The lowest BCUT2D eigenvalue weighted by atomic mass is 9.84. The number of H-pyrrole nitrogens is 1. The number of guanidine groups is 1. The molecule has 0 aliphatic heterocycles. The molecule has 1 aliphatic carbocycles. The fourth-order valence-corrected chi connectivity index (χ4v) is 5.98. The van der Waals surface area contributed by atoms with Gasteiger partial charge in [0.15, 0.2) is 5.96 Å². The Morgan fingerprint density at radius 1 is 0.880 bits per heavy atom. The molecule has 50 heavy (non-hydrogen) atoms. The normalized spacial score (nSPS) is 16.1. The van der Waals surface area contributed by atoms with E-state index < -0.39 is 59.8 Å². The van der Waals surface area contributed by atoms with Crippen molar-refractivity contribution in [2.75, 3.05) is 12.3 Å². The first-order chi connectivity index (χ1) is 24.0. The van der Waals surface area contributed by atoms with Gasteiger partial charge >= 0.3 is 5.97 Å². The van der Waals surface area contributed by atoms with Crippen LogP contribution in [0.4, 0.5) is 0 Å². The molecule has 274 valence electrons. The number of benzene rings is 1. The number of amides is 4. The molecule has 16 nitrogen and oxygen atoms in total. The number of carbonyl (C=O) groups is 5. The summed E-state index contributed by atoms with van der Waals surface area (Å²) in [6.07, 6.45) is 8.63. The highest BCUT2D eigenvalue weighted by atomic mass is 32.1. The molecule has 1 heterocycles. The van der Waals surface area contributed by atoms with E-state index in [0.717, 1.165) is 32.1 Å². The number of nitrogens with zero attached hydrogens (tertiary/aromatic N) is 2. The van der Waals surface area contributed by atoms with Crippen LogP contribution in [0, 0.1) is 5.92 Å². The third-order valence-electron chi connectivity index (χ3n) is 8.55. The van der Waals surface area contributed by atoms with Gasteiger partial charge in [0.2, 0.25) is 23.6 Å². The standard InChI is InChI=1S/C33H50N10O6S/c34-23(18-50)28(44)41-25(14-20-8-3-1-4-9-20)30(46)43-27(16-22-17-37-19-39-22)31(47)42-26(15-21-10-5-2-6-11-21)29(45)40-24(32(48)49)12-7-13-38-33(35)36/h2,5-6,10-11,17,19-20,23-27,50H,1,3-4,7-9,12-16,18,34H2,(H,37,39)(H,40,45)(H,41,44)(H,42,47)(H,43,46)(H,48,49)(H4,35,36,38)/t23-,24-,25+,26+,27-/m0/s1. The van der Waals surface area contributed by atoms with Gasteiger partial charge in [0, 0.05) is 37.0 Å². The van der Waals surface area contributed by atoms with Gasteiger partial charge in [0.05, 0.1) is 12.4 Å². The molecule has 0 unspecified atom stereocenters. The summed E-state index contributed by atoms with van der Waals surface area (Å²) in [5.74, 6) is -3.65. The van der Waals surface area contributed by atoms with E-state index in [1.807, 2.05) is 0 Å². The van der Waals surface area contributed by atoms with Crippen molar-refractivity contribution in [1.82, 2.24) is 31.2 Å². The van der Waals surface area contributed by atoms with Crippen molar-refractivity contribution in [1.29, 1.82) is 0 Å². The summed E-state index contributed by atoms with van der Waals surface area (Å²) in [4.78, 5) is 77.0. The van der Waals surface area contributed by atoms with E-state index in [-0.39, 0.29) is 49.9 Å². The Hall–Kier alpha value is -4.64. The lowest BCUT2D eigenvalue weighted by molar-refractivity contribution is -0.142. The molecule has 0 saturated heterocycles. The van der Waals surface area contributed by atoms with Gasteiger partial charge in [0.25, 0.3) is 0 Å². The van der Waals surface area contributed by atoms with Crippen LogP contribution in [0.15, 0.2) is 47.8 Å². The van der Waals surface area contributed by atoms with Gasteiger partial charge in [-0.2, -0.15) is 12.6 Å². The Labute approximate surface area is 297 Å². The Morgan fingerprint density at radius 3 is 2.06 bits per heavy atom. The number of aliphatic imine (C=N–C) groups is 1. The highest BCUT2D eigenvalue weighted by molar-refractivity contribution is 7.80. The highest BCUT2D eigenvalue weighted by Crippen LogP contribution is 2.27. The van der Waals surface area contributed by atoms with Crippen LogP contribution in [0.2, 0.25) is 0 Å². The number of nitrogens with two attached hydrogens (primary N) is 3. The molecular weight excluding hydrogens is 664 g/mol. The second kappa shape index (κ2) is 20.8. The predicted molar refractivity (Wildman–Crippen MR) is 191 cm³/mol. The molecule has 1 fully saturated rings. The SMILES string of the molecule is NC(N)=NCCC[C@H](NC(=O)[C@@H](Cc1ccccc1)NC(=O)[C@H](Cc1cnc[nH]1)NC(=O)[C@@H](CC1CCCCC1)NC(=O)[C@@H](N)CS)C(=O)O. The highest BCUT2D eigenvalue weighted by Gasteiger charge is 2.33. The summed E-state index contributed by atoms with van der Waals surface area (Å²) in [5, 5.41) is 20.6. The number of imidazole rings is 1. The quantitative estimate of drug-likeness (QED) is 0.0363. The van der Waals surface area contributed by atoms with Crippen molar-refractivity contribution in [2.45, 2.75) is 94.4 Å². The van der Waals surface area contributed by atoms with E-state index in [0.29, 0.717) is 17.7 Å². The molecule has 5 atom stereocenters. The van der Waals surface area contributed by atoms with Crippen molar-refractivity contribution < 1.29 is 29.1 Å². The molecule has 3 rings (SSSR count). The minimum atomic E-state index is -1.28. The van der Waals surface area contributed by atoms with E-state index in [1.54, 1.807) is 30.3 Å². The third-order valence-corrected chi connectivity index (χ3v) is 8.94. The average Bonchev–Trinajstić information content (AvgIpc) is 3.62. The lowest BCUT2D eigenvalue weighted by Crippen LogP contribution is -2.59. The summed E-state index contributed by atoms with van der Waals surface area (Å²) in [5.41, 5.74) is 17.8. The first kappa shape index (κ1) is 39.8.